The Labute approximate surface area is 95.1 Å². The average molecular weight is 226 g/mol. The van der Waals surface area contributed by atoms with Gasteiger partial charge in [-0.25, -0.2) is 0 Å². The van der Waals surface area contributed by atoms with Crippen LogP contribution in [0.25, 0.3) is 0 Å². The van der Waals surface area contributed by atoms with Crippen LogP contribution in [-0.2, 0) is 14.3 Å². The summed E-state index contributed by atoms with van der Waals surface area (Å²) in [5.74, 6) is -0.164. The van der Waals surface area contributed by atoms with Crippen molar-refractivity contribution in [1.29, 1.82) is 0 Å². The molecular weight excluding hydrogens is 208 g/mol. The highest BCUT2D eigenvalue weighted by atomic mass is 16.5. The zero-order valence-corrected chi connectivity index (χ0v) is 9.73. The lowest BCUT2D eigenvalue weighted by Gasteiger charge is -2.20. The van der Waals surface area contributed by atoms with Gasteiger partial charge in [-0.05, 0) is 20.3 Å². The minimum atomic E-state index is -0.346. The molecular formula is C11H18N2O3. The van der Waals surface area contributed by atoms with E-state index in [0.717, 1.165) is 13.0 Å². The van der Waals surface area contributed by atoms with Crippen molar-refractivity contribution in [3.05, 3.63) is 0 Å². The normalized spacial score (nSPS) is 35.1. The summed E-state index contributed by atoms with van der Waals surface area (Å²) in [6.45, 7) is 5.00. The number of nitrogens with one attached hydrogen (secondary N) is 1. The molecule has 2 heterocycles. The number of hydrogen-bond acceptors (Lipinski definition) is 4. The quantitative estimate of drug-likeness (QED) is 0.683. The van der Waals surface area contributed by atoms with Gasteiger partial charge in [0.2, 0.25) is 11.8 Å². The minimum absolute atomic E-state index is 0.0726. The molecule has 0 spiro atoms. The second kappa shape index (κ2) is 4.51. The molecule has 0 saturated carbocycles. The highest BCUT2D eigenvalue weighted by Crippen LogP contribution is 2.18. The molecule has 0 aromatic carbocycles. The van der Waals surface area contributed by atoms with E-state index in [1.165, 1.54) is 4.90 Å². The highest BCUT2D eigenvalue weighted by molar-refractivity contribution is 6.05. The lowest BCUT2D eigenvalue weighted by Crippen LogP contribution is -2.46. The van der Waals surface area contributed by atoms with Crippen molar-refractivity contribution in [1.82, 2.24) is 10.2 Å². The predicted octanol–water partition coefficient (Wildman–Crippen LogP) is -0.0992. The first-order chi connectivity index (χ1) is 7.63. The molecule has 5 heteroatoms. The molecule has 16 heavy (non-hydrogen) atoms. The smallest absolute Gasteiger partial charge is 0.246 e. The summed E-state index contributed by atoms with van der Waals surface area (Å²) in [5, 5.41) is 3.24. The maximum atomic E-state index is 11.8. The van der Waals surface area contributed by atoms with Crippen LogP contribution < -0.4 is 5.32 Å². The SMILES string of the molecule is CCN1C(=O)CC(NC2CCOC2C)C1=O. The molecule has 3 atom stereocenters. The fraction of sp³-hybridized carbons (Fsp3) is 0.818. The van der Waals surface area contributed by atoms with Gasteiger partial charge < -0.3 is 4.74 Å². The number of likely N-dealkylation sites (tertiary alicyclic amines) is 1. The number of amides is 2. The fourth-order valence-corrected chi connectivity index (χ4v) is 2.35. The van der Waals surface area contributed by atoms with Crippen LogP contribution in [0.15, 0.2) is 0 Å². The van der Waals surface area contributed by atoms with E-state index >= 15 is 0 Å². The molecule has 90 valence electrons. The third-order valence-electron chi connectivity index (χ3n) is 3.35. The maximum Gasteiger partial charge on any atom is 0.246 e. The Hall–Kier alpha value is -0.940. The second-order valence-corrected chi connectivity index (χ2v) is 4.37. The molecule has 0 aliphatic carbocycles. The van der Waals surface area contributed by atoms with E-state index in [4.69, 9.17) is 4.74 Å². The monoisotopic (exact) mass is 226 g/mol. The van der Waals surface area contributed by atoms with Gasteiger partial charge in [0.25, 0.3) is 0 Å². The van der Waals surface area contributed by atoms with Crippen LogP contribution in [0.4, 0.5) is 0 Å². The summed E-state index contributed by atoms with van der Waals surface area (Å²) in [7, 11) is 0. The van der Waals surface area contributed by atoms with Crippen LogP contribution in [-0.4, -0.2) is 48.1 Å². The van der Waals surface area contributed by atoms with Gasteiger partial charge in [-0.3, -0.25) is 19.8 Å². The van der Waals surface area contributed by atoms with Crippen LogP contribution in [0.5, 0.6) is 0 Å². The third-order valence-corrected chi connectivity index (χ3v) is 3.35. The minimum Gasteiger partial charge on any atom is -0.377 e. The number of carbonyl (C=O) groups excluding carboxylic acids is 2. The lowest BCUT2D eigenvalue weighted by molar-refractivity contribution is -0.138. The summed E-state index contributed by atoms with van der Waals surface area (Å²) < 4.78 is 5.42. The van der Waals surface area contributed by atoms with E-state index in [-0.39, 0.29) is 36.4 Å². The Kier molecular flexibility index (Phi) is 3.25. The van der Waals surface area contributed by atoms with Crippen LogP contribution in [0.1, 0.15) is 26.7 Å². The van der Waals surface area contributed by atoms with E-state index in [1.807, 2.05) is 13.8 Å². The second-order valence-electron chi connectivity index (χ2n) is 4.37. The van der Waals surface area contributed by atoms with Crippen molar-refractivity contribution in [2.45, 2.75) is 44.9 Å². The van der Waals surface area contributed by atoms with Gasteiger partial charge in [0.1, 0.15) is 0 Å². The van der Waals surface area contributed by atoms with Gasteiger partial charge in [-0.15, -0.1) is 0 Å². The zero-order valence-electron chi connectivity index (χ0n) is 9.73. The molecule has 2 aliphatic rings. The van der Waals surface area contributed by atoms with Crippen molar-refractivity contribution < 1.29 is 14.3 Å². The topological polar surface area (TPSA) is 58.6 Å². The first-order valence-electron chi connectivity index (χ1n) is 5.85. The number of carbonyl (C=O) groups is 2. The molecule has 0 aromatic rings. The highest BCUT2D eigenvalue weighted by Gasteiger charge is 2.39. The number of ether oxygens (including phenoxy) is 1. The van der Waals surface area contributed by atoms with Crippen molar-refractivity contribution in [2.75, 3.05) is 13.2 Å². The van der Waals surface area contributed by atoms with E-state index in [1.54, 1.807) is 0 Å². The van der Waals surface area contributed by atoms with E-state index < -0.39 is 0 Å². The van der Waals surface area contributed by atoms with Gasteiger partial charge in [-0.1, -0.05) is 0 Å². The molecule has 2 aliphatic heterocycles. The number of hydrogen-bond donors (Lipinski definition) is 1. The van der Waals surface area contributed by atoms with Crippen LogP contribution in [0, 0.1) is 0 Å². The molecule has 2 saturated heterocycles. The average Bonchev–Trinajstić information content (AvgIpc) is 2.74. The van der Waals surface area contributed by atoms with Gasteiger partial charge in [0, 0.05) is 19.2 Å². The van der Waals surface area contributed by atoms with Crippen LogP contribution in [0.2, 0.25) is 0 Å². The Morgan fingerprint density at radius 3 is 2.75 bits per heavy atom. The summed E-state index contributed by atoms with van der Waals surface area (Å²) in [4.78, 5) is 24.7. The molecule has 0 radical (unpaired) electrons. The van der Waals surface area contributed by atoms with Gasteiger partial charge in [-0.2, -0.15) is 0 Å². The zero-order chi connectivity index (χ0) is 11.7. The van der Waals surface area contributed by atoms with Crippen molar-refractivity contribution >= 4 is 11.8 Å². The Balaban J connectivity index is 1.96. The van der Waals surface area contributed by atoms with E-state index in [9.17, 15) is 9.59 Å². The molecule has 0 bridgehead atoms. The van der Waals surface area contributed by atoms with Crippen molar-refractivity contribution in [3.63, 3.8) is 0 Å². The van der Waals surface area contributed by atoms with Gasteiger partial charge >= 0.3 is 0 Å². The summed E-state index contributed by atoms with van der Waals surface area (Å²) >= 11 is 0. The first kappa shape index (κ1) is 11.5. The Bertz CT molecular complexity index is 306. The Morgan fingerprint density at radius 2 is 2.25 bits per heavy atom. The molecule has 0 aromatic heterocycles. The molecule has 3 unspecified atom stereocenters. The molecule has 2 rings (SSSR count). The number of nitrogens with zero attached hydrogens (tertiary/aromatic N) is 1. The van der Waals surface area contributed by atoms with Crippen molar-refractivity contribution in [3.8, 4) is 0 Å². The standard InChI is InChI=1S/C11H18N2O3/c1-3-13-10(14)6-9(11(13)15)12-8-4-5-16-7(8)2/h7-9,12H,3-6H2,1-2H3. The molecule has 2 amide bonds. The summed E-state index contributed by atoms with van der Waals surface area (Å²) in [6, 6.07) is -0.153. The Morgan fingerprint density at radius 1 is 1.50 bits per heavy atom. The number of likely N-dealkylation sites (N-methyl/N-ethyl adjacent to an activating group) is 1. The van der Waals surface area contributed by atoms with Gasteiger partial charge in [0.15, 0.2) is 0 Å². The molecule has 1 N–H and O–H groups in total. The predicted molar refractivity (Wildman–Crippen MR) is 57.8 cm³/mol. The largest absolute Gasteiger partial charge is 0.377 e. The summed E-state index contributed by atoms with van der Waals surface area (Å²) in [6.07, 6.45) is 1.32. The number of rotatable bonds is 3. The van der Waals surface area contributed by atoms with E-state index in [2.05, 4.69) is 5.32 Å². The number of imide groups is 1. The molecule has 5 nitrogen and oxygen atoms in total. The maximum absolute atomic E-state index is 11.8. The third kappa shape index (κ3) is 1.97. The van der Waals surface area contributed by atoms with Crippen molar-refractivity contribution in [2.24, 2.45) is 0 Å². The first-order valence-corrected chi connectivity index (χ1v) is 5.85. The summed E-state index contributed by atoms with van der Waals surface area (Å²) in [5.41, 5.74) is 0. The fourth-order valence-electron chi connectivity index (χ4n) is 2.35. The van der Waals surface area contributed by atoms with Crippen LogP contribution >= 0.6 is 0 Å². The molecule has 2 fully saturated rings. The van der Waals surface area contributed by atoms with E-state index in [0.29, 0.717) is 6.54 Å². The van der Waals surface area contributed by atoms with Gasteiger partial charge in [0.05, 0.1) is 18.6 Å². The van der Waals surface area contributed by atoms with Crippen LogP contribution in [0.3, 0.4) is 0 Å². The lowest BCUT2D eigenvalue weighted by atomic mass is 10.1.